The van der Waals surface area contributed by atoms with Crippen LogP contribution in [0.25, 0.3) is 5.69 Å². The molecule has 0 atom stereocenters. The molecule has 3 rings (SSSR count). The highest BCUT2D eigenvalue weighted by Crippen LogP contribution is 2.30. The number of nitrogens with zero attached hydrogens (tertiary/aromatic N) is 1. The first kappa shape index (κ1) is 20.2. The Labute approximate surface area is 164 Å². The van der Waals surface area contributed by atoms with Crippen molar-refractivity contribution in [3.8, 4) is 11.4 Å². The van der Waals surface area contributed by atoms with Crippen LogP contribution >= 0.6 is 0 Å². The van der Waals surface area contributed by atoms with Gasteiger partial charge in [0.15, 0.2) is 0 Å². The molecular formula is C21H17F3N2O3. The lowest BCUT2D eigenvalue weighted by atomic mass is 10.1. The third-order valence-electron chi connectivity index (χ3n) is 4.34. The lowest BCUT2D eigenvalue weighted by Gasteiger charge is -2.14. The van der Waals surface area contributed by atoms with Gasteiger partial charge in [0.1, 0.15) is 11.3 Å². The highest BCUT2D eigenvalue weighted by Gasteiger charge is 2.30. The number of pyridine rings is 1. The van der Waals surface area contributed by atoms with Crippen molar-refractivity contribution < 1.29 is 23.1 Å². The van der Waals surface area contributed by atoms with Crippen LogP contribution in [0.4, 0.5) is 13.2 Å². The molecule has 29 heavy (non-hydrogen) atoms. The van der Waals surface area contributed by atoms with Gasteiger partial charge in [0, 0.05) is 17.9 Å². The number of carbonyl (C=O) groups is 1. The number of benzene rings is 2. The predicted molar refractivity (Wildman–Crippen MR) is 101 cm³/mol. The molecule has 1 aromatic heterocycles. The van der Waals surface area contributed by atoms with Crippen molar-refractivity contribution in [2.45, 2.75) is 19.6 Å². The maximum Gasteiger partial charge on any atom is 0.416 e. The average Bonchev–Trinajstić information content (AvgIpc) is 2.67. The zero-order chi connectivity index (χ0) is 21.2. The number of hydrogen-bond donors (Lipinski definition) is 2. The number of hydrogen-bond acceptors (Lipinski definition) is 3. The van der Waals surface area contributed by atoms with Gasteiger partial charge < -0.3 is 10.4 Å². The van der Waals surface area contributed by atoms with E-state index >= 15 is 0 Å². The topological polar surface area (TPSA) is 71.3 Å². The van der Waals surface area contributed by atoms with Crippen molar-refractivity contribution in [1.29, 1.82) is 0 Å². The summed E-state index contributed by atoms with van der Waals surface area (Å²) in [6.45, 7) is 1.69. The summed E-state index contributed by atoms with van der Waals surface area (Å²) in [6, 6.07) is 13.4. The average molecular weight is 402 g/mol. The van der Waals surface area contributed by atoms with Crippen LogP contribution in [0, 0.1) is 6.92 Å². The van der Waals surface area contributed by atoms with Gasteiger partial charge in [-0.15, -0.1) is 0 Å². The van der Waals surface area contributed by atoms with Crippen molar-refractivity contribution in [1.82, 2.24) is 9.88 Å². The fraction of sp³-hybridized carbons (Fsp3) is 0.143. The van der Waals surface area contributed by atoms with Crippen LogP contribution in [0.3, 0.4) is 0 Å². The molecule has 2 aromatic carbocycles. The molecule has 0 spiro atoms. The molecular weight excluding hydrogens is 385 g/mol. The smallest absolute Gasteiger partial charge is 0.416 e. The second-order valence-corrected chi connectivity index (χ2v) is 6.43. The lowest BCUT2D eigenvalue weighted by molar-refractivity contribution is -0.137. The Kier molecular flexibility index (Phi) is 5.45. The molecule has 150 valence electrons. The third kappa shape index (κ3) is 4.48. The molecule has 0 fully saturated rings. The van der Waals surface area contributed by atoms with Crippen molar-refractivity contribution in [3.63, 3.8) is 0 Å². The van der Waals surface area contributed by atoms with Gasteiger partial charge in [-0.3, -0.25) is 14.2 Å². The van der Waals surface area contributed by atoms with E-state index in [1.807, 2.05) is 0 Å². The normalized spacial score (nSPS) is 11.3. The summed E-state index contributed by atoms with van der Waals surface area (Å²) >= 11 is 0. The first-order chi connectivity index (χ1) is 13.7. The lowest BCUT2D eigenvalue weighted by Crippen LogP contribution is -2.33. The van der Waals surface area contributed by atoms with Crippen LogP contribution in [-0.4, -0.2) is 15.6 Å². The Morgan fingerprint density at radius 1 is 1.07 bits per heavy atom. The molecule has 0 bridgehead atoms. The van der Waals surface area contributed by atoms with Gasteiger partial charge in [-0.05, 0) is 55.0 Å². The number of phenolic OH excluding ortho intramolecular Hbond substituents is 1. The number of aromatic hydroxyl groups is 1. The van der Waals surface area contributed by atoms with Gasteiger partial charge in [0.25, 0.3) is 11.5 Å². The maximum absolute atomic E-state index is 13.0. The summed E-state index contributed by atoms with van der Waals surface area (Å²) in [5.74, 6) is -0.564. The molecule has 0 unspecified atom stereocenters. The maximum atomic E-state index is 13.0. The summed E-state index contributed by atoms with van der Waals surface area (Å²) in [7, 11) is 0. The molecule has 1 heterocycles. The fourth-order valence-corrected chi connectivity index (χ4v) is 2.84. The molecule has 0 radical (unpaired) electrons. The van der Waals surface area contributed by atoms with Crippen molar-refractivity contribution >= 4 is 5.91 Å². The van der Waals surface area contributed by atoms with E-state index in [0.29, 0.717) is 11.3 Å². The second kappa shape index (κ2) is 7.83. The Hall–Kier alpha value is -3.55. The molecule has 1 amide bonds. The summed E-state index contributed by atoms with van der Waals surface area (Å²) in [5.41, 5.74) is -0.663. The van der Waals surface area contributed by atoms with Crippen LogP contribution in [0.1, 0.15) is 27.2 Å². The van der Waals surface area contributed by atoms with Crippen LogP contribution in [0.5, 0.6) is 5.75 Å². The van der Waals surface area contributed by atoms with E-state index in [-0.39, 0.29) is 23.5 Å². The predicted octanol–water partition coefficient (Wildman–Crippen LogP) is 3.80. The van der Waals surface area contributed by atoms with E-state index in [1.54, 1.807) is 19.1 Å². The highest BCUT2D eigenvalue weighted by molar-refractivity contribution is 5.93. The van der Waals surface area contributed by atoms with Gasteiger partial charge in [-0.25, -0.2) is 0 Å². The third-order valence-corrected chi connectivity index (χ3v) is 4.34. The number of aryl methyl sites for hydroxylation is 1. The number of phenols is 1. The Morgan fingerprint density at radius 3 is 2.41 bits per heavy atom. The number of nitrogens with one attached hydrogen (secondary N) is 1. The number of carbonyl (C=O) groups excluding carboxylic acids is 1. The molecule has 0 aliphatic rings. The molecule has 3 aromatic rings. The molecule has 2 N–H and O–H groups in total. The van der Waals surface area contributed by atoms with Crippen molar-refractivity contribution in [2.24, 2.45) is 0 Å². The molecule has 5 nitrogen and oxygen atoms in total. The summed E-state index contributed by atoms with van der Waals surface area (Å²) < 4.78 is 40.1. The van der Waals surface area contributed by atoms with Crippen LogP contribution in [-0.2, 0) is 12.7 Å². The van der Waals surface area contributed by atoms with Crippen LogP contribution in [0.2, 0.25) is 0 Å². The van der Waals surface area contributed by atoms with Gasteiger partial charge in [0.05, 0.1) is 5.56 Å². The zero-order valence-corrected chi connectivity index (χ0v) is 15.3. The van der Waals surface area contributed by atoms with Gasteiger partial charge in [0.2, 0.25) is 0 Å². The minimum absolute atomic E-state index is 0.0236. The fourth-order valence-electron chi connectivity index (χ4n) is 2.84. The second-order valence-electron chi connectivity index (χ2n) is 6.43. The van der Waals surface area contributed by atoms with Crippen LogP contribution < -0.4 is 10.9 Å². The number of amides is 1. The largest absolute Gasteiger partial charge is 0.508 e. The minimum atomic E-state index is -4.55. The van der Waals surface area contributed by atoms with E-state index in [2.05, 4.69) is 5.32 Å². The molecule has 0 saturated carbocycles. The van der Waals surface area contributed by atoms with Gasteiger partial charge >= 0.3 is 6.18 Å². The van der Waals surface area contributed by atoms with Crippen molar-refractivity contribution in [3.05, 3.63) is 93.4 Å². The van der Waals surface area contributed by atoms with Crippen molar-refractivity contribution in [2.75, 3.05) is 0 Å². The molecule has 8 heteroatoms. The molecule has 0 saturated heterocycles. The zero-order valence-electron chi connectivity index (χ0n) is 15.3. The number of aromatic nitrogens is 1. The summed E-state index contributed by atoms with van der Waals surface area (Å²) in [5, 5.41) is 11.9. The monoisotopic (exact) mass is 402 g/mol. The number of rotatable bonds is 4. The van der Waals surface area contributed by atoms with E-state index in [1.165, 1.54) is 36.4 Å². The number of halogens is 3. The number of alkyl halides is 3. The highest BCUT2D eigenvalue weighted by atomic mass is 19.4. The summed E-state index contributed by atoms with van der Waals surface area (Å²) in [4.78, 5) is 25.3. The van der Waals surface area contributed by atoms with E-state index in [9.17, 15) is 27.9 Å². The van der Waals surface area contributed by atoms with E-state index in [0.717, 1.165) is 16.7 Å². The first-order valence-corrected chi connectivity index (χ1v) is 8.63. The SMILES string of the molecule is Cc1ccc(C(=O)NCc2ccc(O)cc2)c(=O)n1-c1cccc(C(F)(F)F)c1. The Balaban J connectivity index is 1.92. The summed E-state index contributed by atoms with van der Waals surface area (Å²) in [6.07, 6.45) is -4.55. The Bertz CT molecular complexity index is 1100. The first-order valence-electron chi connectivity index (χ1n) is 8.63. The van der Waals surface area contributed by atoms with Gasteiger partial charge in [-0.1, -0.05) is 18.2 Å². The van der Waals surface area contributed by atoms with Crippen LogP contribution in [0.15, 0.2) is 65.5 Å². The quantitative estimate of drug-likeness (QED) is 0.697. The molecule has 0 aliphatic heterocycles. The molecule has 0 aliphatic carbocycles. The minimum Gasteiger partial charge on any atom is -0.508 e. The standard InChI is InChI=1S/C21H17F3N2O3/c1-13-5-10-18(19(28)25-12-14-6-8-17(27)9-7-14)20(29)26(13)16-4-2-3-15(11-16)21(22,23)24/h2-11,27H,12H2,1H3,(H,25,28). The van der Waals surface area contributed by atoms with E-state index < -0.39 is 23.2 Å². The van der Waals surface area contributed by atoms with E-state index in [4.69, 9.17) is 0 Å². The Morgan fingerprint density at radius 2 is 1.76 bits per heavy atom. The van der Waals surface area contributed by atoms with Gasteiger partial charge in [-0.2, -0.15) is 13.2 Å².